The highest BCUT2D eigenvalue weighted by Gasteiger charge is 2.13. The van der Waals surface area contributed by atoms with Gasteiger partial charge in [0.05, 0.1) is 18.0 Å². The second-order valence-electron chi connectivity index (χ2n) is 6.29. The Hall–Kier alpha value is -3.38. The highest BCUT2D eigenvalue weighted by Crippen LogP contribution is 2.24. The lowest BCUT2D eigenvalue weighted by Gasteiger charge is -2.17. The molecule has 3 rings (SSSR count). The van der Waals surface area contributed by atoms with Crippen LogP contribution in [-0.2, 0) is 4.74 Å². The fraction of sp³-hybridized carbons (Fsp3) is 0.182. The first-order valence-electron chi connectivity index (χ1n) is 9.00. The third kappa shape index (κ3) is 5.31. The molecule has 2 aromatic carbocycles. The summed E-state index contributed by atoms with van der Waals surface area (Å²) in [6, 6.07) is 20.3. The maximum absolute atomic E-state index is 12.7. The molecule has 6 nitrogen and oxygen atoms in total. The summed E-state index contributed by atoms with van der Waals surface area (Å²) in [5, 5.41) is 6.23. The number of hydrogen-bond acceptors (Lipinski definition) is 5. The van der Waals surface area contributed by atoms with E-state index in [1.165, 1.54) is 0 Å². The van der Waals surface area contributed by atoms with Gasteiger partial charge in [-0.3, -0.25) is 9.78 Å². The van der Waals surface area contributed by atoms with Crippen LogP contribution in [0.15, 0.2) is 72.9 Å². The van der Waals surface area contributed by atoms with Crippen molar-refractivity contribution >= 4 is 17.3 Å². The number of rotatable bonds is 8. The van der Waals surface area contributed by atoms with E-state index >= 15 is 0 Å². The van der Waals surface area contributed by atoms with Gasteiger partial charge in [0.25, 0.3) is 5.91 Å². The second-order valence-corrected chi connectivity index (χ2v) is 6.29. The van der Waals surface area contributed by atoms with Gasteiger partial charge in [-0.1, -0.05) is 30.3 Å². The third-order valence-corrected chi connectivity index (χ3v) is 3.94. The van der Waals surface area contributed by atoms with Gasteiger partial charge < -0.3 is 20.1 Å². The minimum Gasteiger partial charge on any atom is -0.457 e. The third-order valence-electron chi connectivity index (χ3n) is 3.94. The molecular formula is C22H23N3O3. The first kappa shape index (κ1) is 19.4. The number of nitrogens with zero attached hydrogens (tertiary/aromatic N) is 1. The molecule has 6 heteroatoms. The zero-order valence-electron chi connectivity index (χ0n) is 15.9. The number of carbonyl (C=O) groups is 1. The Morgan fingerprint density at radius 2 is 1.71 bits per heavy atom. The summed E-state index contributed by atoms with van der Waals surface area (Å²) >= 11 is 0. The molecule has 1 atom stereocenters. The minimum atomic E-state index is -0.313. The Balaban J connectivity index is 1.72. The van der Waals surface area contributed by atoms with Crippen LogP contribution >= 0.6 is 0 Å². The Labute approximate surface area is 164 Å². The van der Waals surface area contributed by atoms with E-state index in [-0.39, 0.29) is 17.6 Å². The van der Waals surface area contributed by atoms with E-state index in [0.717, 1.165) is 5.69 Å². The van der Waals surface area contributed by atoms with Crippen LogP contribution in [-0.4, -0.2) is 30.6 Å². The van der Waals surface area contributed by atoms with Gasteiger partial charge in [0.2, 0.25) is 0 Å². The zero-order valence-corrected chi connectivity index (χ0v) is 15.9. The smallest absolute Gasteiger partial charge is 0.274 e. The average Bonchev–Trinajstić information content (AvgIpc) is 2.70. The van der Waals surface area contributed by atoms with Crippen LogP contribution in [0.5, 0.6) is 11.5 Å². The molecule has 0 aliphatic heterocycles. The molecule has 144 valence electrons. The fourth-order valence-electron chi connectivity index (χ4n) is 2.68. The normalized spacial score (nSPS) is 11.5. The fourth-order valence-corrected chi connectivity index (χ4v) is 2.68. The largest absolute Gasteiger partial charge is 0.457 e. The molecule has 3 aromatic rings. The van der Waals surface area contributed by atoms with Gasteiger partial charge in [0.15, 0.2) is 0 Å². The van der Waals surface area contributed by atoms with E-state index in [1.54, 1.807) is 25.4 Å². The van der Waals surface area contributed by atoms with E-state index < -0.39 is 0 Å². The van der Waals surface area contributed by atoms with Gasteiger partial charge in [-0.05, 0) is 37.3 Å². The van der Waals surface area contributed by atoms with Crippen LogP contribution < -0.4 is 15.4 Å². The number of para-hydroxylation sites is 3. The molecular weight excluding hydrogens is 354 g/mol. The van der Waals surface area contributed by atoms with E-state index in [9.17, 15) is 4.79 Å². The molecule has 0 aliphatic carbocycles. The molecule has 0 fully saturated rings. The number of anilines is 2. The number of hydrogen-bond donors (Lipinski definition) is 2. The predicted octanol–water partition coefficient (Wildman–Crippen LogP) is 4.57. The molecule has 1 heterocycles. The summed E-state index contributed by atoms with van der Waals surface area (Å²) in [6.45, 7) is 2.57. The Kier molecular flexibility index (Phi) is 6.59. The SMILES string of the molecule is COCC(C)Nc1ccccc1NC(=O)c1cc(Oc2ccccc2)ccn1. The van der Waals surface area contributed by atoms with Crippen LogP contribution in [0.4, 0.5) is 11.4 Å². The number of methoxy groups -OCH3 is 1. The van der Waals surface area contributed by atoms with Gasteiger partial charge in [-0.25, -0.2) is 0 Å². The van der Waals surface area contributed by atoms with Crippen LogP contribution in [0.1, 0.15) is 17.4 Å². The number of pyridine rings is 1. The molecule has 0 saturated carbocycles. The van der Waals surface area contributed by atoms with Crippen LogP contribution in [0, 0.1) is 0 Å². The average molecular weight is 377 g/mol. The van der Waals surface area contributed by atoms with Crippen molar-refractivity contribution in [1.82, 2.24) is 4.98 Å². The zero-order chi connectivity index (χ0) is 19.8. The summed E-state index contributed by atoms with van der Waals surface area (Å²) in [4.78, 5) is 16.9. The monoisotopic (exact) mass is 377 g/mol. The number of carbonyl (C=O) groups excluding carboxylic acids is 1. The lowest BCUT2D eigenvalue weighted by Crippen LogP contribution is -2.22. The highest BCUT2D eigenvalue weighted by molar-refractivity contribution is 6.04. The van der Waals surface area contributed by atoms with Gasteiger partial charge in [0.1, 0.15) is 17.2 Å². The van der Waals surface area contributed by atoms with Crippen LogP contribution in [0.3, 0.4) is 0 Å². The summed E-state index contributed by atoms with van der Waals surface area (Å²) in [5.41, 5.74) is 1.76. The Morgan fingerprint density at radius 3 is 2.46 bits per heavy atom. The molecule has 1 amide bonds. The maximum atomic E-state index is 12.7. The molecule has 0 spiro atoms. The van der Waals surface area contributed by atoms with E-state index in [1.807, 2.05) is 61.5 Å². The number of ether oxygens (including phenoxy) is 2. The first-order valence-corrected chi connectivity index (χ1v) is 9.00. The number of amides is 1. The summed E-state index contributed by atoms with van der Waals surface area (Å²) in [5.74, 6) is 0.931. The summed E-state index contributed by atoms with van der Waals surface area (Å²) in [7, 11) is 1.65. The standard InChI is InChI=1S/C22H23N3O3/c1-16(15-27-2)24-19-10-6-7-11-20(19)25-22(26)21-14-18(12-13-23-21)28-17-8-4-3-5-9-17/h3-14,16,24H,15H2,1-2H3,(H,25,26). The summed E-state index contributed by atoms with van der Waals surface area (Å²) in [6.07, 6.45) is 1.55. The molecule has 1 unspecified atom stereocenters. The van der Waals surface area contributed by atoms with Gasteiger partial charge in [-0.15, -0.1) is 0 Å². The molecule has 0 aliphatic rings. The van der Waals surface area contributed by atoms with Gasteiger partial charge >= 0.3 is 0 Å². The van der Waals surface area contributed by atoms with Crippen molar-refractivity contribution in [2.24, 2.45) is 0 Å². The van der Waals surface area contributed by atoms with Crippen molar-refractivity contribution in [2.45, 2.75) is 13.0 Å². The van der Waals surface area contributed by atoms with E-state index in [4.69, 9.17) is 9.47 Å². The van der Waals surface area contributed by atoms with Crippen LogP contribution in [0.2, 0.25) is 0 Å². The van der Waals surface area contributed by atoms with Gasteiger partial charge in [-0.2, -0.15) is 0 Å². The van der Waals surface area contributed by atoms with Crippen molar-refractivity contribution in [3.05, 3.63) is 78.6 Å². The Bertz CT molecular complexity index is 916. The highest BCUT2D eigenvalue weighted by atomic mass is 16.5. The van der Waals surface area contributed by atoms with E-state index in [0.29, 0.717) is 23.8 Å². The van der Waals surface area contributed by atoms with Gasteiger partial charge in [0, 0.05) is 25.4 Å². The molecule has 1 aromatic heterocycles. The number of nitrogens with one attached hydrogen (secondary N) is 2. The van der Waals surface area contributed by atoms with E-state index in [2.05, 4.69) is 15.6 Å². The van der Waals surface area contributed by atoms with Crippen molar-refractivity contribution < 1.29 is 14.3 Å². The lowest BCUT2D eigenvalue weighted by molar-refractivity contribution is 0.102. The Morgan fingerprint density at radius 1 is 1.00 bits per heavy atom. The van der Waals surface area contributed by atoms with Crippen molar-refractivity contribution in [3.63, 3.8) is 0 Å². The molecule has 0 bridgehead atoms. The van der Waals surface area contributed by atoms with Crippen molar-refractivity contribution in [3.8, 4) is 11.5 Å². The van der Waals surface area contributed by atoms with Crippen LogP contribution in [0.25, 0.3) is 0 Å². The first-order chi connectivity index (χ1) is 13.7. The molecule has 0 saturated heterocycles. The predicted molar refractivity (Wildman–Crippen MR) is 110 cm³/mol. The van der Waals surface area contributed by atoms with Crippen molar-refractivity contribution in [2.75, 3.05) is 24.4 Å². The molecule has 0 radical (unpaired) electrons. The second kappa shape index (κ2) is 9.53. The van der Waals surface area contributed by atoms with Crippen molar-refractivity contribution in [1.29, 1.82) is 0 Å². The quantitative estimate of drug-likeness (QED) is 0.601. The maximum Gasteiger partial charge on any atom is 0.274 e. The number of benzene rings is 2. The molecule has 2 N–H and O–H groups in total. The topological polar surface area (TPSA) is 72.5 Å². The minimum absolute atomic E-state index is 0.101. The molecule has 28 heavy (non-hydrogen) atoms. The lowest BCUT2D eigenvalue weighted by atomic mass is 10.2. The number of aromatic nitrogens is 1. The summed E-state index contributed by atoms with van der Waals surface area (Å²) < 4.78 is 10.9.